The standard InChI is InChI=1S/C6H16N2O/c1-2-3-4-5-6-8(7)9/h9H,2-7H2,1H3. The highest BCUT2D eigenvalue weighted by Crippen LogP contribution is 1.97. The third-order valence-electron chi connectivity index (χ3n) is 1.24. The van der Waals surface area contributed by atoms with E-state index in [0.29, 0.717) is 6.54 Å². The van der Waals surface area contributed by atoms with Crippen LogP contribution >= 0.6 is 0 Å². The summed E-state index contributed by atoms with van der Waals surface area (Å²) in [7, 11) is 0. The first-order valence-electron chi connectivity index (χ1n) is 3.48. The number of rotatable bonds is 5. The number of hydrazine groups is 1. The minimum absolute atomic E-state index is 0.583. The van der Waals surface area contributed by atoms with Crippen LogP contribution in [0.5, 0.6) is 0 Å². The Morgan fingerprint density at radius 3 is 2.44 bits per heavy atom. The molecule has 3 N–H and O–H groups in total. The average molecular weight is 132 g/mol. The Morgan fingerprint density at radius 1 is 1.33 bits per heavy atom. The van der Waals surface area contributed by atoms with Gasteiger partial charge in [0, 0.05) is 6.54 Å². The summed E-state index contributed by atoms with van der Waals surface area (Å²) in [5.74, 6) is 4.96. The second-order valence-corrected chi connectivity index (χ2v) is 2.22. The predicted octanol–water partition coefficient (Wildman–Crippen LogP) is 1.13. The van der Waals surface area contributed by atoms with E-state index < -0.39 is 0 Å². The number of nitrogens with zero attached hydrogens (tertiary/aromatic N) is 1. The van der Waals surface area contributed by atoms with Crippen LogP contribution in [0.2, 0.25) is 0 Å². The molecule has 0 fully saturated rings. The van der Waals surface area contributed by atoms with Crippen LogP contribution in [-0.4, -0.2) is 16.9 Å². The number of nitrogens with two attached hydrogens (primary N) is 1. The summed E-state index contributed by atoms with van der Waals surface area (Å²) in [6.45, 7) is 2.74. The van der Waals surface area contributed by atoms with E-state index >= 15 is 0 Å². The van der Waals surface area contributed by atoms with E-state index in [4.69, 9.17) is 11.0 Å². The molecule has 0 saturated carbocycles. The molecule has 0 unspecified atom stereocenters. The molecule has 0 bridgehead atoms. The van der Waals surface area contributed by atoms with Crippen molar-refractivity contribution in [3.05, 3.63) is 0 Å². The zero-order valence-electron chi connectivity index (χ0n) is 6.01. The summed E-state index contributed by atoms with van der Waals surface area (Å²) >= 11 is 0. The lowest BCUT2D eigenvalue weighted by molar-refractivity contribution is -0.0938. The van der Waals surface area contributed by atoms with Gasteiger partial charge in [0.25, 0.3) is 0 Å². The van der Waals surface area contributed by atoms with Gasteiger partial charge in [0.15, 0.2) is 0 Å². The Morgan fingerprint density at radius 2 is 2.00 bits per heavy atom. The molecule has 0 amide bonds. The molecule has 0 aliphatic heterocycles. The SMILES string of the molecule is CCCCCCN(N)O. The monoisotopic (exact) mass is 132 g/mol. The zero-order valence-corrected chi connectivity index (χ0v) is 6.01. The van der Waals surface area contributed by atoms with E-state index in [-0.39, 0.29) is 0 Å². The van der Waals surface area contributed by atoms with E-state index in [9.17, 15) is 0 Å². The first kappa shape index (κ1) is 8.88. The first-order valence-corrected chi connectivity index (χ1v) is 3.48. The molecule has 0 aliphatic carbocycles. The van der Waals surface area contributed by atoms with Crippen LogP contribution in [0.3, 0.4) is 0 Å². The molecule has 0 saturated heterocycles. The molecule has 0 aromatic carbocycles. The van der Waals surface area contributed by atoms with Gasteiger partial charge in [-0.2, -0.15) is 0 Å². The molecule has 0 spiro atoms. The van der Waals surface area contributed by atoms with Crippen molar-refractivity contribution in [2.75, 3.05) is 6.54 Å². The lowest BCUT2D eigenvalue weighted by Crippen LogP contribution is -2.27. The van der Waals surface area contributed by atoms with Crippen molar-refractivity contribution >= 4 is 0 Å². The van der Waals surface area contributed by atoms with E-state index in [0.717, 1.165) is 18.0 Å². The highest BCUT2D eigenvalue weighted by Gasteiger charge is 1.90. The molecule has 3 heteroatoms. The Kier molecular flexibility index (Phi) is 5.93. The fourth-order valence-electron chi connectivity index (χ4n) is 0.701. The van der Waals surface area contributed by atoms with Gasteiger partial charge in [-0.15, -0.1) is 5.17 Å². The maximum atomic E-state index is 8.46. The van der Waals surface area contributed by atoms with Gasteiger partial charge in [-0.05, 0) is 6.42 Å². The fourth-order valence-corrected chi connectivity index (χ4v) is 0.701. The quantitative estimate of drug-likeness (QED) is 0.335. The van der Waals surface area contributed by atoms with Crippen molar-refractivity contribution < 1.29 is 5.21 Å². The summed E-state index contributed by atoms with van der Waals surface area (Å²) in [4.78, 5) is 0. The smallest absolute Gasteiger partial charge is 0.0396 e. The van der Waals surface area contributed by atoms with E-state index in [1.807, 2.05) is 0 Å². The first-order chi connectivity index (χ1) is 4.27. The van der Waals surface area contributed by atoms with Gasteiger partial charge in [0.1, 0.15) is 0 Å². The Hall–Kier alpha value is -0.120. The van der Waals surface area contributed by atoms with Crippen LogP contribution in [0.1, 0.15) is 32.6 Å². The minimum Gasteiger partial charge on any atom is -0.299 e. The topological polar surface area (TPSA) is 49.5 Å². The average Bonchev–Trinajstić information content (AvgIpc) is 1.80. The second-order valence-electron chi connectivity index (χ2n) is 2.22. The molecular weight excluding hydrogens is 116 g/mol. The van der Waals surface area contributed by atoms with Crippen LogP contribution in [0, 0.1) is 0 Å². The normalized spacial score (nSPS) is 10.7. The molecule has 56 valence electrons. The highest BCUT2D eigenvalue weighted by molar-refractivity contribution is 4.40. The molecule has 0 aliphatic rings. The third-order valence-corrected chi connectivity index (χ3v) is 1.24. The largest absolute Gasteiger partial charge is 0.299 e. The Bertz CT molecular complexity index is 57.0. The van der Waals surface area contributed by atoms with Gasteiger partial charge >= 0.3 is 0 Å². The fraction of sp³-hybridized carbons (Fsp3) is 1.00. The molecule has 3 nitrogen and oxygen atoms in total. The van der Waals surface area contributed by atoms with Crippen molar-refractivity contribution in [1.82, 2.24) is 5.17 Å². The molecule has 0 atom stereocenters. The van der Waals surface area contributed by atoms with Crippen molar-refractivity contribution in [1.29, 1.82) is 0 Å². The summed E-state index contributed by atoms with van der Waals surface area (Å²) in [6, 6.07) is 0. The molecule has 0 rings (SSSR count). The van der Waals surface area contributed by atoms with Crippen molar-refractivity contribution in [2.24, 2.45) is 5.84 Å². The summed E-state index contributed by atoms with van der Waals surface area (Å²) in [5, 5.41) is 9.21. The maximum absolute atomic E-state index is 8.46. The maximum Gasteiger partial charge on any atom is 0.0396 e. The lowest BCUT2D eigenvalue weighted by atomic mass is 10.2. The molecular formula is C6H16N2O. The van der Waals surface area contributed by atoms with Crippen LogP contribution in [0.15, 0.2) is 0 Å². The molecule has 0 aromatic rings. The molecule has 0 heterocycles. The number of hydroxylamine groups is 1. The van der Waals surface area contributed by atoms with Crippen molar-refractivity contribution in [2.45, 2.75) is 32.6 Å². The highest BCUT2D eigenvalue weighted by atomic mass is 16.5. The summed E-state index contributed by atoms with van der Waals surface area (Å²) in [6.07, 6.45) is 4.59. The molecule has 0 aromatic heterocycles. The number of unbranched alkanes of at least 4 members (excludes halogenated alkanes) is 3. The Balaban J connectivity index is 2.75. The van der Waals surface area contributed by atoms with Crippen molar-refractivity contribution in [3.8, 4) is 0 Å². The van der Waals surface area contributed by atoms with E-state index in [2.05, 4.69) is 6.92 Å². The molecule has 9 heavy (non-hydrogen) atoms. The van der Waals surface area contributed by atoms with Gasteiger partial charge in [-0.25, -0.2) is 5.84 Å². The van der Waals surface area contributed by atoms with E-state index in [1.165, 1.54) is 12.8 Å². The van der Waals surface area contributed by atoms with Crippen LogP contribution in [-0.2, 0) is 0 Å². The van der Waals surface area contributed by atoms with Gasteiger partial charge in [0.2, 0.25) is 0 Å². The zero-order chi connectivity index (χ0) is 7.11. The number of hydrogen-bond donors (Lipinski definition) is 2. The summed E-state index contributed by atoms with van der Waals surface area (Å²) in [5.41, 5.74) is 0. The summed E-state index contributed by atoms with van der Waals surface area (Å²) < 4.78 is 0. The third kappa shape index (κ3) is 7.88. The van der Waals surface area contributed by atoms with Crippen LogP contribution in [0.4, 0.5) is 0 Å². The van der Waals surface area contributed by atoms with Gasteiger partial charge in [0.05, 0.1) is 0 Å². The predicted molar refractivity (Wildman–Crippen MR) is 36.8 cm³/mol. The number of hydrogen-bond acceptors (Lipinski definition) is 3. The van der Waals surface area contributed by atoms with Crippen molar-refractivity contribution in [3.63, 3.8) is 0 Å². The lowest BCUT2D eigenvalue weighted by Gasteiger charge is -2.05. The van der Waals surface area contributed by atoms with Gasteiger partial charge in [-0.1, -0.05) is 26.2 Å². The van der Waals surface area contributed by atoms with Gasteiger partial charge < -0.3 is 0 Å². The minimum atomic E-state index is 0.583. The van der Waals surface area contributed by atoms with Crippen LogP contribution in [0.25, 0.3) is 0 Å². The van der Waals surface area contributed by atoms with E-state index in [1.54, 1.807) is 0 Å². The molecule has 0 radical (unpaired) electrons. The Labute approximate surface area is 56.4 Å². The van der Waals surface area contributed by atoms with Gasteiger partial charge in [-0.3, -0.25) is 5.21 Å². The second kappa shape index (κ2) is 6.01. The van der Waals surface area contributed by atoms with Crippen LogP contribution < -0.4 is 5.84 Å².